The van der Waals surface area contributed by atoms with Crippen LogP contribution in [0.1, 0.15) is 79.6 Å². The fraction of sp³-hybridized carbons (Fsp3) is 0.500. The first-order chi connectivity index (χ1) is 11.2. The highest BCUT2D eigenvalue weighted by Crippen LogP contribution is 2.37. The smallest absolute Gasteiger partial charge is 0.163 e. The van der Waals surface area contributed by atoms with Crippen LogP contribution >= 0.6 is 0 Å². The van der Waals surface area contributed by atoms with Crippen LogP contribution in [0.3, 0.4) is 0 Å². The van der Waals surface area contributed by atoms with Gasteiger partial charge in [-0.2, -0.15) is 0 Å². The van der Waals surface area contributed by atoms with Crippen LogP contribution in [0.2, 0.25) is 0 Å². The fourth-order valence-electron chi connectivity index (χ4n) is 3.65. The molecule has 1 aromatic carbocycles. The summed E-state index contributed by atoms with van der Waals surface area (Å²) in [6, 6.07) is 8.36. The van der Waals surface area contributed by atoms with Crippen molar-refractivity contribution >= 4 is 5.78 Å². The molecule has 2 rings (SSSR count). The highest BCUT2D eigenvalue weighted by Gasteiger charge is 2.22. The second-order valence-corrected chi connectivity index (χ2v) is 6.81. The van der Waals surface area contributed by atoms with Crippen LogP contribution in [0.5, 0.6) is 0 Å². The van der Waals surface area contributed by atoms with Gasteiger partial charge in [-0.25, -0.2) is 0 Å². The van der Waals surface area contributed by atoms with E-state index in [4.69, 9.17) is 0 Å². The Bertz CT molecular complexity index is 503. The summed E-state index contributed by atoms with van der Waals surface area (Å²) in [5.74, 6) is 1.82. The quantitative estimate of drug-likeness (QED) is 0.290. The number of unbranched alkanes of at least 4 members (excludes halogenated alkanes) is 1. The Kier molecular flexibility index (Phi) is 7.32. The predicted molar refractivity (Wildman–Crippen MR) is 99.0 cm³/mol. The van der Waals surface area contributed by atoms with Crippen molar-refractivity contribution in [2.24, 2.45) is 5.92 Å². The Labute approximate surface area is 141 Å². The van der Waals surface area contributed by atoms with Crippen molar-refractivity contribution in [3.63, 3.8) is 0 Å². The zero-order valence-corrected chi connectivity index (χ0v) is 14.3. The molecule has 1 aromatic rings. The van der Waals surface area contributed by atoms with Crippen molar-refractivity contribution in [3.8, 4) is 0 Å². The SMILES string of the molecule is C=CCCCC1CCC(c2ccc(C(=O)CCC=C)cc2)CC1. The molecule has 0 atom stereocenters. The molecule has 0 bridgehead atoms. The van der Waals surface area contributed by atoms with Crippen molar-refractivity contribution in [2.75, 3.05) is 0 Å². The maximum Gasteiger partial charge on any atom is 0.163 e. The van der Waals surface area contributed by atoms with E-state index < -0.39 is 0 Å². The van der Waals surface area contributed by atoms with Gasteiger partial charge < -0.3 is 0 Å². The third-order valence-corrected chi connectivity index (χ3v) is 5.15. The molecule has 0 aromatic heterocycles. The molecule has 1 aliphatic carbocycles. The molecule has 1 heteroatoms. The minimum absolute atomic E-state index is 0.224. The molecular weight excluding hydrogens is 280 g/mol. The molecule has 0 unspecified atom stereocenters. The first-order valence-electron chi connectivity index (χ1n) is 9.09. The van der Waals surface area contributed by atoms with Crippen molar-refractivity contribution in [2.45, 2.75) is 63.7 Å². The summed E-state index contributed by atoms with van der Waals surface area (Å²) >= 11 is 0. The van der Waals surface area contributed by atoms with E-state index in [0.717, 1.165) is 24.3 Å². The lowest BCUT2D eigenvalue weighted by molar-refractivity contribution is 0.0983. The largest absolute Gasteiger partial charge is 0.294 e. The number of Topliss-reactive ketones (excluding diaryl/α,β-unsaturated/α-hetero) is 1. The van der Waals surface area contributed by atoms with Gasteiger partial charge in [-0.15, -0.1) is 13.2 Å². The molecule has 0 aliphatic heterocycles. The van der Waals surface area contributed by atoms with Crippen molar-refractivity contribution in [1.82, 2.24) is 0 Å². The summed E-state index contributed by atoms with van der Waals surface area (Å²) in [5, 5.41) is 0. The number of carbonyl (C=O) groups excluding carboxylic acids is 1. The van der Waals surface area contributed by atoms with Crippen LogP contribution in [0.4, 0.5) is 0 Å². The van der Waals surface area contributed by atoms with Gasteiger partial charge in [0.05, 0.1) is 0 Å². The van der Waals surface area contributed by atoms with E-state index in [2.05, 4.69) is 25.3 Å². The van der Waals surface area contributed by atoms with E-state index in [1.165, 1.54) is 44.1 Å². The van der Waals surface area contributed by atoms with Crippen LogP contribution in [-0.4, -0.2) is 5.78 Å². The van der Waals surface area contributed by atoms with E-state index in [9.17, 15) is 4.79 Å². The zero-order chi connectivity index (χ0) is 16.5. The Morgan fingerprint density at radius 3 is 2.26 bits per heavy atom. The van der Waals surface area contributed by atoms with Crippen LogP contribution < -0.4 is 0 Å². The summed E-state index contributed by atoms with van der Waals surface area (Å²) in [7, 11) is 0. The summed E-state index contributed by atoms with van der Waals surface area (Å²) in [5.41, 5.74) is 2.25. The number of ketones is 1. The third-order valence-electron chi connectivity index (χ3n) is 5.15. The third kappa shape index (κ3) is 5.49. The topological polar surface area (TPSA) is 17.1 Å². The molecule has 0 radical (unpaired) electrons. The summed E-state index contributed by atoms with van der Waals surface area (Å²) in [4.78, 5) is 12.0. The van der Waals surface area contributed by atoms with E-state index in [-0.39, 0.29) is 5.78 Å². The van der Waals surface area contributed by atoms with E-state index >= 15 is 0 Å². The lowest BCUT2D eigenvalue weighted by Crippen LogP contribution is -2.13. The number of carbonyl (C=O) groups is 1. The van der Waals surface area contributed by atoms with Crippen molar-refractivity contribution < 1.29 is 4.79 Å². The Morgan fingerprint density at radius 1 is 1.00 bits per heavy atom. The molecule has 0 spiro atoms. The molecule has 1 fully saturated rings. The average Bonchev–Trinajstić information content (AvgIpc) is 2.61. The summed E-state index contributed by atoms with van der Waals surface area (Å²) in [6.45, 7) is 7.48. The monoisotopic (exact) mass is 310 g/mol. The number of hydrogen-bond acceptors (Lipinski definition) is 1. The molecule has 1 aliphatic rings. The predicted octanol–water partition coefficient (Wildman–Crippen LogP) is 6.47. The maximum absolute atomic E-state index is 12.0. The minimum atomic E-state index is 0.224. The second-order valence-electron chi connectivity index (χ2n) is 6.81. The van der Waals surface area contributed by atoms with Gasteiger partial charge in [-0.3, -0.25) is 4.79 Å². The normalized spacial score (nSPS) is 20.9. The minimum Gasteiger partial charge on any atom is -0.294 e. The first kappa shape index (κ1) is 17.7. The van der Waals surface area contributed by atoms with Crippen molar-refractivity contribution in [3.05, 3.63) is 60.7 Å². The number of benzene rings is 1. The summed E-state index contributed by atoms with van der Waals surface area (Å²) < 4.78 is 0. The van der Waals surface area contributed by atoms with Crippen LogP contribution in [-0.2, 0) is 0 Å². The van der Waals surface area contributed by atoms with Gasteiger partial charge in [0.1, 0.15) is 0 Å². The molecule has 0 amide bonds. The second kappa shape index (κ2) is 9.50. The highest BCUT2D eigenvalue weighted by atomic mass is 16.1. The van der Waals surface area contributed by atoms with Gasteiger partial charge in [-0.1, -0.05) is 42.8 Å². The molecule has 124 valence electrons. The fourth-order valence-corrected chi connectivity index (χ4v) is 3.65. The Morgan fingerprint density at radius 2 is 1.65 bits per heavy atom. The van der Waals surface area contributed by atoms with Gasteiger partial charge in [0.2, 0.25) is 0 Å². The average molecular weight is 310 g/mol. The molecule has 1 saturated carbocycles. The van der Waals surface area contributed by atoms with Crippen LogP contribution in [0, 0.1) is 5.92 Å². The van der Waals surface area contributed by atoms with Gasteiger partial charge in [-0.05, 0) is 62.3 Å². The Balaban J connectivity index is 1.83. The lowest BCUT2D eigenvalue weighted by Gasteiger charge is -2.29. The molecular formula is C22H30O. The van der Waals surface area contributed by atoms with Crippen LogP contribution in [0.15, 0.2) is 49.6 Å². The Hall–Kier alpha value is -1.63. The van der Waals surface area contributed by atoms with Crippen molar-refractivity contribution in [1.29, 1.82) is 0 Å². The van der Waals surface area contributed by atoms with E-state index in [1.54, 1.807) is 6.08 Å². The van der Waals surface area contributed by atoms with Gasteiger partial charge >= 0.3 is 0 Å². The van der Waals surface area contributed by atoms with E-state index in [0.29, 0.717) is 12.3 Å². The molecule has 1 nitrogen and oxygen atoms in total. The van der Waals surface area contributed by atoms with E-state index in [1.807, 2.05) is 18.2 Å². The maximum atomic E-state index is 12.0. The zero-order valence-electron chi connectivity index (χ0n) is 14.3. The number of hydrogen-bond donors (Lipinski definition) is 0. The molecule has 0 heterocycles. The lowest BCUT2D eigenvalue weighted by atomic mass is 9.77. The van der Waals surface area contributed by atoms with Gasteiger partial charge in [0.25, 0.3) is 0 Å². The highest BCUT2D eigenvalue weighted by molar-refractivity contribution is 5.96. The number of allylic oxidation sites excluding steroid dienone is 2. The first-order valence-corrected chi connectivity index (χ1v) is 9.09. The number of rotatable bonds is 9. The standard InChI is InChI=1S/C22H30O/c1-3-5-7-8-18-10-12-19(13-11-18)20-14-16-21(17-15-20)22(23)9-6-4-2/h3-4,14-19H,1-2,5-13H2. The molecule has 23 heavy (non-hydrogen) atoms. The molecule has 0 saturated heterocycles. The molecule has 0 N–H and O–H groups in total. The van der Waals surface area contributed by atoms with Gasteiger partial charge in [0, 0.05) is 12.0 Å². The van der Waals surface area contributed by atoms with Crippen LogP contribution in [0.25, 0.3) is 0 Å². The summed E-state index contributed by atoms with van der Waals surface area (Å²) in [6.07, 6.45) is 14.3. The van der Waals surface area contributed by atoms with Gasteiger partial charge in [0.15, 0.2) is 5.78 Å².